The quantitative estimate of drug-likeness (QED) is 0.299. The number of hydrogen-bond donors (Lipinski definition) is 2. The van der Waals surface area contributed by atoms with Gasteiger partial charge in [0.25, 0.3) is 11.8 Å². The van der Waals surface area contributed by atoms with Gasteiger partial charge in [-0.15, -0.1) is 6.58 Å². The maximum atomic E-state index is 13.4. The van der Waals surface area contributed by atoms with E-state index in [2.05, 4.69) is 17.2 Å². The van der Waals surface area contributed by atoms with E-state index in [1.807, 2.05) is 30.3 Å². The SMILES string of the molecule is C=CCn1cc(C(=O)NCc2ccc(F)cc2)c(=O)c(OCc2ccccc2)c1C(=O)NCCOC. The average molecular weight is 494 g/mol. The molecule has 2 N–H and O–H groups in total. The number of nitrogens with one attached hydrogen (secondary N) is 2. The second-order valence-corrected chi connectivity index (χ2v) is 7.82. The number of carbonyl (C=O) groups is 2. The summed E-state index contributed by atoms with van der Waals surface area (Å²) in [6.45, 7) is 4.46. The van der Waals surface area contributed by atoms with Gasteiger partial charge >= 0.3 is 0 Å². The van der Waals surface area contributed by atoms with E-state index in [4.69, 9.17) is 9.47 Å². The first-order valence-electron chi connectivity index (χ1n) is 11.3. The highest BCUT2D eigenvalue weighted by molar-refractivity contribution is 5.98. The molecule has 0 saturated heterocycles. The van der Waals surface area contributed by atoms with Crippen molar-refractivity contribution in [3.05, 3.63) is 112 Å². The first-order chi connectivity index (χ1) is 17.4. The first-order valence-corrected chi connectivity index (χ1v) is 11.3. The van der Waals surface area contributed by atoms with E-state index in [1.54, 1.807) is 0 Å². The Morgan fingerprint density at radius 1 is 1.03 bits per heavy atom. The summed E-state index contributed by atoms with van der Waals surface area (Å²) in [5.41, 5.74) is 0.493. The number of rotatable bonds is 12. The Labute approximate surface area is 208 Å². The number of carbonyl (C=O) groups excluding carboxylic acids is 2. The molecule has 188 valence electrons. The predicted octanol–water partition coefficient (Wildman–Crippen LogP) is 3.06. The fourth-order valence-electron chi connectivity index (χ4n) is 3.41. The minimum atomic E-state index is -0.722. The standard InChI is InChI=1S/C27H28FN3O5/c1-3-14-31-17-22(26(33)30-16-19-9-11-21(28)12-10-19)24(32)25(23(31)27(34)29-13-15-35-2)36-18-20-7-5-4-6-8-20/h3-12,17H,1,13-16,18H2,2H3,(H,29,34)(H,30,33). The van der Waals surface area contributed by atoms with Crippen LogP contribution >= 0.6 is 0 Å². The van der Waals surface area contributed by atoms with Gasteiger partial charge in [-0.3, -0.25) is 14.4 Å². The number of ether oxygens (including phenoxy) is 2. The monoisotopic (exact) mass is 493 g/mol. The van der Waals surface area contributed by atoms with Crippen LogP contribution in [0.5, 0.6) is 5.75 Å². The third-order valence-corrected chi connectivity index (χ3v) is 5.21. The van der Waals surface area contributed by atoms with E-state index in [0.29, 0.717) is 5.56 Å². The number of aromatic nitrogens is 1. The molecule has 3 rings (SSSR count). The number of benzene rings is 2. The largest absolute Gasteiger partial charge is 0.483 e. The molecule has 0 saturated carbocycles. The number of hydrogen-bond acceptors (Lipinski definition) is 5. The Bertz CT molecular complexity index is 1260. The van der Waals surface area contributed by atoms with Gasteiger partial charge in [-0.2, -0.15) is 0 Å². The van der Waals surface area contributed by atoms with Crippen molar-refractivity contribution in [3.8, 4) is 5.75 Å². The number of allylic oxidation sites excluding steroid dienone is 1. The molecule has 2 amide bonds. The maximum absolute atomic E-state index is 13.4. The Kier molecular flexibility index (Phi) is 9.53. The van der Waals surface area contributed by atoms with Crippen LogP contribution in [0.1, 0.15) is 32.0 Å². The van der Waals surface area contributed by atoms with E-state index in [-0.39, 0.29) is 49.9 Å². The van der Waals surface area contributed by atoms with Crippen LogP contribution in [0.3, 0.4) is 0 Å². The van der Waals surface area contributed by atoms with Gasteiger partial charge in [0, 0.05) is 32.9 Å². The summed E-state index contributed by atoms with van der Waals surface area (Å²) in [6, 6.07) is 14.8. The van der Waals surface area contributed by atoms with Gasteiger partial charge in [0.05, 0.1) is 6.61 Å². The van der Waals surface area contributed by atoms with Crippen LogP contribution in [0.25, 0.3) is 0 Å². The van der Waals surface area contributed by atoms with Gasteiger partial charge in [0.1, 0.15) is 18.0 Å². The number of nitrogens with zero attached hydrogens (tertiary/aromatic N) is 1. The molecule has 0 bridgehead atoms. The lowest BCUT2D eigenvalue weighted by Crippen LogP contribution is -2.35. The fourth-order valence-corrected chi connectivity index (χ4v) is 3.41. The topological polar surface area (TPSA) is 98.7 Å². The number of pyridine rings is 1. The van der Waals surface area contributed by atoms with Crippen molar-refractivity contribution in [1.82, 2.24) is 15.2 Å². The van der Waals surface area contributed by atoms with Gasteiger partial charge in [-0.25, -0.2) is 4.39 Å². The molecule has 3 aromatic rings. The molecule has 0 aliphatic rings. The molecule has 1 aromatic heterocycles. The van der Waals surface area contributed by atoms with Gasteiger partial charge in [0.2, 0.25) is 5.43 Å². The molecule has 0 radical (unpaired) electrons. The van der Waals surface area contributed by atoms with Crippen LogP contribution in [0, 0.1) is 5.82 Å². The minimum absolute atomic E-state index is 0.0170. The predicted molar refractivity (Wildman–Crippen MR) is 133 cm³/mol. The van der Waals surface area contributed by atoms with Crippen LogP contribution < -0.4 is 20.8 Å². The van der Waals surface area contributed by atoms with Crippen molar-refractivity contribution in [3.63, 3.8) is 0 Å². The third-order valence-electron chi connectivity index (χ3n) is 5.21. The summed E-state index contributed by atoms with van der Waals surface area (Å²) in [5.74, 6) is -1.84. The van der Waals surface area contributed by atoms with Crippen LogP contribution in [0.4, 0.5) is 4.39 Å². The highest BCUT2D eigenvalue weighted by Gasteiger charge is 2.25. The van der Waals surface area contributed by atoms with Crippen molar-refractivity contribution >= 4 is 11.8 Å². The summed E-state index contributed by atoms with van der Waals surface area (Å²) in [6.07, 6.45) is 2.85. The highest BCUT2D eigenvalue weighted by Crippen LogP contribution is 2.18. The fraction of sp³-hybridized carbons (Fsp3) is 0.222. The second kappa shape index (κ2) is 13.0. The smallest absolute Gasteiger partial charge is 0.272 e. The van der Waals surface area contributed by atoms with E-state index in [0.717, 1.165) is 5.56 Å². The van der Waals surface area contributed by atoms with Crippen LogP contribution in [-0.4, -0.2) is 36.6 Å². The zero-order valence-corrected chi connectivity index (χ0v) is 20.0. The summed E-state index contributed by atoms with van der Waals surface area (Å²) >= 11 is 0. The minimum Gasteiger partial charge on any atom is -0.483 e. The summed E-state index contributed by atoms with van der Waals surface area (Å²) in [5, 5.41) is 5.36. The van der Waals surface area contributed by atoms with E-state index < -0.39 is 23.1 Å². The van der Waals surface area contributed by atoms with Crippen molar-refractivity contribution < 1.29 is 23.5 Å². The Hall–Kier alpha value is -4.24. The van der Waals surface area contributed by atoms with Gasteiger partial charge in [-0.05, 0) is 23.3 Å². The first kappa shape index (κ1) is 26.4. The molecule has 0 unspecified atom stereocenters. The molecule has 0 spiro atoms. The Morgan fingerprint density at radius 3 is 2.42 bits per heavy atom. The molecule has 2 aromatic carbocycles. The molecule has 8 nitrogen and oxygen atoms in total. The van der Waals surface area contributed by atoms with Crippen molar-refractivity contribution in [1.29, 1.82) is 0 Å². The van der Waals surface area contributed by atoms with Crippen molar-refractivity contribution in [2.75, 3.05) is 20.3 Å². The molecular weight excluding hydrogens is 465 g/mol. The van der Waals surface area contributed by atoms with Crippen molar-refractivity contribution in [2.45, 2.75) is 19.7 Å². The number of halogens is 1. The van der Waals surface area contributed by atoms with E-state index >= 15 is 0 Å². The molecule has 0 aliphatic heterocycles. The molecular formula is C27H28FN3O5. The second-order valence-electron chi connectivity index (χ2n) is 7.82. The summed E-state index contributed by atoms with van der Waals surface area (Å²) < 4.78 is 25.5. The number of amides is 2. The molecule has 0 atom stereocenters. The zero-order chi connectivity index (χ0) is 25.9. The lowest BCUT2D eigenvalue weighted by atomic mass is 10.1. The maximum Gasteiger partial charge on any atom is 0.272 e. The zero-order valence-electron chi connectivity index (χ0n) is 20.0. The van der Waals surface area contributed by atoms with E-state index in [1.165, 1.54) is 48.2 Å². The van der Waals surface area contributed by atoms with Crippen molar-refractivity contribution in [2.24, 2.45) is 0 Å². The Morgan fingerprint density at radius 2 is 1.75 bits per heavy atom. The molecule has 0 aliphatic carbocycles. The third kappa shape index (κ3) is 6.89. The number of methoxy groups -OCH3 is 1. The van der Waals surface area contributed by atoms with Gasteiger partial charge in [0.15, 0.2) is 11.4 Å². The molecule has 1 heterocycles. The Balaban J connectivity index is 1.98. The lowest BCUT2D eigenvalue weighted by molar-refractivity contribution is 0.0913. The van der Waals surface area contributed by atoms with E-state index in [9.17, 15) is 18.8 Å². The molecule has 36 heavy (non-hydrogen) atoms. The van der Waals surface area contributed by atoms with Crippen LogP contribution in [0.15, 0.2) is 78.2 Å². The average Bonchev–Trinajstić information content (AvgIpc) is 2.88. The van der Waals surface area contributed by atoms with Crippen LogP contribution in [-0.2, 0) is 24.4 Å². The lowest BCUT2D eigenvalue weighted by Gasteiger charge is -2.18. The molecule has 0 fully saturated rings. The van der Waals surface area contributed by atoms with Gasteiger partial charge in [-0.1, -0.05) is 48.5 Å². The summed E-state index contributed by atoms with van der Waals surface area (Å²) in [4.78, 5) is 39.5. The normalized spacial score (nSPS) is 10.5. The van der Waals surface area contributed by atoms with Crippen LogP contribution in [0.2, 0.25) is 0 Å². The molecule has 9 heteroatoms. The summed E-state index contributed by atoms with van der Waals surface area (Å²) in [7, 11) is 1.51. The van der Waals surface area contributed by atoms with Gasteiger partial charge < -0.3 is 24.7 Å². The highest BCUT2D eigenvalue weighted by atomic mass is 19.1.